The van der Waals surface area contributed by atoms with Crippen LogP contribution in [-0.2, 0) is 17.8 Å². The minimum atomic E-state index is -0.646. The molecule has 168 valence electrons. The van der Waals surface area contributed by atoms with Gasteiger partial charge in [0, 0.05) is 19.6 Å². The highest BCUT2D eigenvalue weighted by Crippen LogP contribution is 2.35. The molecule has 2 N–H and O–H groups in total. The standard InChI is InChI=1S/C26H27N5O2/c1-19-3-2-4-22(13-19)14-26(25(28)33)9-11-30(12-10-26)24(32)23-16-29-18-31(23)17-21-7-5-20(15-27)6-8-21/h2-8,13,16,18H,9-12,14,17H2,1H3,(H2,28,33). The van der Waals surface area contributed by atoms with E-state index in [1.165, 1.54) is 0 Å². The lowest BCUT2D eigenvalue weighted by Gasteiger charge is -2.40. The highest BCUT2D eigenvalue weighted by molar-refractivity contribution is 5.93. The quantitative estimate of drug-likeness (QED) is 0.635. The second-order valence-corrected chi connectivity index (χ2v) is 8.82. The maximum atomic E-state index is 13.3. The highest BCUT2D eigenvalue weighted by atomic mass is 16.2. The molecule has 2 aromatic carbocycles. The molecule has 0 radical (unpaired) electrons. The molecule has 1 saturated heterocycles. The maximum Gasteiger partial charge on any atom is 0.272 e. The summed E-state index contributed by atoms with van der Waals surface area (Å²) in [5, 5.41) is 8.97. The van der Waals surface area contributed by atoms with Crippen molar-refractivity contribution in [2.45, 2.75) is 32.7 Å². The first-order chi connectivity index (χ1) is 15.9. The summed E-state index contributed by atoms with van der Waals surface area (Å²) < 4.78 is 1.81. The summed E-state index contributed by atoms with van der Waals surface area (Å²) in [6.45, 7) is 3.45. The number of nitrogens with two attached hydrogens (primary N) is 1. The zero-order valence-electron chi connectivity index (χ0n) is 18.7. The molecule has 1 aliphatic heterocycles. The Hall–Kier alpha value is -3.92. The van der Waals surface area contributed by atoms with Crippen LogP contribution < -0.4 is 5.73 Å². The third-order valence-electron chi connectivity index (χ3n) is 6.52. The predicted octanol–water partition coefficient (Wildman–Crippen LogP) is 3.06. The number of carbonyl (C=O) groups excluding carboxylic acids is 2. The molecule has 1 aliphatic rings. The van der Waals surface area contributed by atoms with Crippen molar-refractivity contribution in [2.24, 2.45) is 11.1 Å². The first kappa shape index (κ1) is 22.3. The molecule has 3 aromatic rings. The van der Waals surface area contributed by atoms with Crippen LogP contribution in [0.15, 0.2) is 61.1 Å². The van der Waals surface area contributed by atoms with Crippen LogP contribution in [0.25, 0.3) is 0 Å². The largest absolute Gasteiger partial charge is 0.369 e. The predicted molar refractivity (Wildman–Crippen MR) is 124 cm³/mol. The van der Waals surface area contributed by atoms with Crippen LogP contribution in [0.3, 0.4) is 0 Å². The summed E-state index contributed by atoms with van der Waals surface area (Å²) in [5.74, 6) is -0.406. The van der Waals surface area contributed by atoms with E-state index in [0.717, 1.165) is 16.7 Å². The van der Waals surface area contributed by atoms with Crippen molar-refractivity contribution in [3.05, 3.63) is 89.0 Å². The van der Waals surface area contributed by atoms with E-state index >= 15 is 0 Å². The first-order valence-corrected chi connectivity index (χ1v) is 11.0. The lowest BCUT2D eigenvalue weighted by Crippen LogP contribution is -2.50. The Bertz CT molecular complexity index is 1200. The van der Waals surface area contributed by atoms with Crippen molar-refractivity contribution in [3.63, 3.8) is 0 Å². The van der Waals surface area contributed by atoms with Crippen LogP contribution in [-0.4, -0.2) is 39.4 Å². The summed E-state index contributed by atoms with van der Waals surface area (Å²) >= 11 is 0. The van der Waals surface area contributed by atoms with Gasteiger partial charge < -0.3 is 15.2 Å². The summed E-state index contributed by atoms with van der Waals surface area (Å²) in [6.07, 6.45) is 4.87. The molecule has 7 nitrogen and oxygen atoms in total. The van der Waals surface area contributed by atoms with E-state index in [4.69, 9.17) is 11.0 Å². The molecule has 0 spiro atoms. The Balaban J connectivity index is 1.45. The number of nitrogens with zero attached hydrogens (tertiary/aromatic N) is 4. The van der Waals surface area contributed by atoms with E-state index in [2.05, 4.69) is 17.1 Å². The van der Waals surface area contributed by atoms with Crippen LogP contribution in [0.5, 0.6) is 0 Å². The van der Waals surface area contributed by atoms with Crippen molar-refractivity contribution in [1.82, 2.24) is 14.5 Å². The van der Waals surface area contributed by atoms with Gasteiger partial charge in [-0.05, 0) is 49.4 Å². The summed E-state index contributed by atoms with van der Waals surface area (Å²) in [5.41, 5.74) is 9.53. The fourth-order valence-corrected chi connectivity index (χ4v) is 4.53. The molecule has 4 rings (SSSR count). The normalized spacial score (nSPS) is 15.1. The Kier molecular flexibility index (Phi) is 6.27. The zero-order valence-corrected chi connectivity index (χ0v) is 18.7. The lowest BCUT2D eigenvalue weighted by molar-refractivity contribution is -0.130. The Labute approximate surface area is 193 Å². The van der Waals surface area contributed by atoms with E-state index in [1.54, 1.807) is 29.6 Å². The second kappa shape index (κ2) is 9.29. The fraction of sp³-hybridized carbons (Fsp3) is 0.308. The number of hydrogen-bond acceptors (Lipinski definition) is 4. The van der Waals surface area contributed by atoms with Gasteiger partial charge in [0.25, 0.3) is 5.91 Å². The summed E-state index contributed by atoms with van der Waals surface area (Å²) in [7, 11) is 0. The molecule has 1 aromatic heterocycles. The van der Waals surface area contributed by atoms with Gasteiger partial charge in [-0.3, -0.25) is 9.59 Å². The van der Waals surface area contributed by atoms with Gasteiger partial charge in [-0.25, -0.2) is 4.98 Å². The van der Waals surface area contributed by atoms with Gasteiger partial charge in [-0.1, -0.05) is 42.0 Å². The second-order valence-electron chi connectivity index (χ2n) is 8.82. The number of primary amides is 1. The molecular weight excluding hydrogens is 414 g/mol. The molecule has 0 atom stereocenters. The fourth-order valence-electron chi connectivity index (χ4n) is 4.53. The van der Waals surface area contributed by atoms with Crippen molar-refractivity contribution < 1.29 is 9.59 Å². The third-order valence-corrected chi connectivity index (χ3v) is 6.52. The highest BCUT2D eigenvalue weighted by Gasteiger charge is 2.41. The Morgan fingerprint density at radius 3 is 2.48 bits per heavy atom. The number of hydrogen-bond donors (Lipinski definition) is 1. The molecule has 0 saturated carbocycles. The minimum Gasteiger partial charge on any atom is -0.369 e. The SMILES string of the molecule is Cc1cccc(CC2(C(N)=O)CCN(C(=O)c3cncn3Cc3ccc(C#N)cc3)CC2)c1. The number of benzene rings is 2. The van der Waals surface area contributed by atoms with E-state index in [9.17, 15) is 9.59 Å². The smallest absolute Gasteiger partial charge is 0.272 e. The summed E-state index contributed by atoms with van der Waals surface area (Å²) in [4.78, 5) is 31.7. The van der Waals surface area contributed by atoms with Gasteiger partial charge >= 0.3 is 0 Å². The number of piperidine rings is 1. The zero-order chi connectivity index (χ0) is 23.4. The molecule has 0 aliphatic carbocycles. The number of carbonyl (C=O) groups is 2. The van der Waals surface area contributed by atoms with Gasteiger partial charge in [-0.15, -0.1) is 0 Å². The number of aromatic nitrogens is 2. The van der Waals surface area contributed by atoms with Crippen LogP contribution in [0.4, 0.5) is 0 Å². The van der Waals surface area contributed by atoms with Crippen LogP contribution in [0.2, 0.25) is 0 Å². The molecule has 0 unspecified atom stereocenters. The maximum absolute atomic E-state index is 13.3. The Morgan fingerprint density at radius 2 is 1.85 bits per heavy atom. The molecule has 33 heavy (non-hydrogen) atoms. The number of likely N-dealkylation sites (tertiary alicyclic amines) is 1. The topological polar surface area (TPSA) is 105 Å². The van der Waals surface area contributed by atoms with Crippen molar-refractivity contribution in [2.75, 3.05) is 13.1 Å². The number of aryl methyl sites for hydroxylation is 1. The molecule has 1 fully saturated rings. The molecule has 2 heterocycles. The average molecular weight is 442 g/mol. The average Bonchev–Trinajstić information content (AvgIpc) is 3.27. The number of imidazole rings is 1. The van der Waals surface area contributed by atoms with E-state index < -0.39 is 5.41 Å². The third kappa shape index (κ3) is 4.80. The number of nitriles is 1. The lowest BCUT2D eigenvalue weighted by atomic mass is 9.73. The van der Waals surface area contributed by atoms with Gasteiger partial charge in [0.1, 0.15) is 5.69 Å². The van der Waals surface area contributed by atoms with Gasteiger partial charge in [-0.2, -0.15) is 5.26 Å². The van der Waals surface area contributed by atoms with Crippen molar-refractivity contribution >= 4 is 11.8 Å². The number of rotatable bonds is 6. The first-order valence-electron chi connectivity index (χ1n) is 11.0. The molecule has 7 heteroatoms. The Morgan fingerprint density at radius 1 is 1.12 bits per heavy atom. The van der Waals surface area contributed by atoms with Crippen LogP contribution >= 0.6 is 0 Å². The molecule has 0 bridgehead atoms. The van der Waals surface area contributed by atoms with Gasteiger partial charge in [0.15, 0.2) is 0 Å². The minimum absolute atomic E-state index is 0.102. The molecule has 2 amide bonds. The van der Waals surface area contributed by atoms with E-state index in [-0.39, 0.29) is 11.8 Å². The molecular formula is C26H27N5O2. The van der Waals surface area contributed by atoms with E-state index in [1.807, 2.05) is 41.8 Å². The van der Waals surface area contributed by atoms with Crippen LogP contribution in [0, 0.1) is 23.7 Å². The number of amides is 2. The van der Waals surface area contributed by atoms with E-state index in [0.29, 0.717) is 50.2 Å². The monoisotopic (exact) mass is 441 g/mol. The van der Waals surface area contributed by atoms with Gasteiger partial charge in [0.05, 0.1) is 29.6 Å². The van der Waals surface area contributed by atoms with Crippen molar-refractivity contribution in [3.8, 4) is 6.07 Å². The van der Waals surface area contributed by atoms with Crippen LogP contribution in [0.1, 0.15) is 45.6 Å². The summed E-state index contributed by atoms with van der Waals surface area (Å²) in [6, 6.07) is 17.5. The van der Waals surface area contributed by atoms with Crippen molar-refractivity contribution in [1.29, 1.82) is 5.26 Å². The van der Waals surface area contributed by atoms with Gasteiger partial charge in [0.2, 0.25) is 5.91 Å².